The van der Waals surface area contributed by atoms with E-state index in [1.807, 2.05) is 30.3 Å². The first-order valence-electron chi connectivity index (χ1n) is 8.51. The van der Waals surface area contributed by atoms with Crippen LogP contribution in [0.25, 0.3) is 0 Å². The third-order valence-electron chi connectivity index (χ3n) is 4.00. The zero-order valence-corrected chi connectivity index (χ0v) is 14.8. The van der Waals surface area contributed by atoms with Gasteiger partial charge in [0.2, 0.25) is 5.91 Å². The van der Waals surface area contributed by atoms with Crippen LogP contribution in [0.4, 0.5) is 0 Å². The fraction of sp³-hybridized carbons (Fsp3) is 0.368. The number of rotatable bonds is 9. The molecule has 5 nitrogen and oxygen atoms in total. The van der Waals surface area contributed by atoms with Crippen molar-refractivity contribution >= 4 is 17.5 Å². The van der Waals surface area contributed by atoms with Crippen molar-refractivity contribution in [1.29, 1.82) is 0 Å². The lowest BCUT2D eigenvalue weighted by atomic mass is 10.2. The van der Waals surface area contributed by atoms with Crippen molar-refractivity contribution in [2.45, 2.75) is 26.0 Å². The summed E-state index contributed by atoms with van der Waals surface area (Å²) in [6.07, 6.45) is 5.58. The Hall–Kier alpha value is -2.11. The molecule has 0 spiro atoms. The molecule has 1 heterocycles. The standard InChI is InChI=1S/C19H22ClN3O2/c20-17-5-6-18(25-13-14-2-1-7-21-11-14)16(10-17)12-22-8-9-23-19(24)15-3-4-15/h1-2,5-7,10-11,15,22H,3-4,8-9,12-13H2,(H,23,24). The van der Waals surface area contributed by atoms with Crippen LogP contribution in [0.1, 0.15) is 24.0 Å². The molecule has 2 aromatic rings. The van der Waals surface area contributed by atoms with Crippen LogP contribution in [0, 0.1) is 5.92 Å². The zero-order chi connectivity index (χ0) is 17.5. The first kappa shape index (κ1) is 17.7. The number of amides is 1. The second-order valence-electron chi connectivity index (χ2n) is 6.14. The van der Waals surface area contributed by atoms with Crippen LogP contribution in [-0.2, 0) is 17.9 Å². The molecule has 0 saturated heterocycles. The number of nitrogens with one attached hydrogen (secondary N) is 2. The Morgan fingerprint density at radius 2 is 2.16 bits per heavy atom. The molecule has 0 atom stereocenters. The number of carbonyl (C=O) groups excluding carboxylic acids is 1. The molecule has 1 saturated carbocycles. The molecule has 1 fully saturated rings. The number of hydrogen-bond donors (Lipinski definition) is 2. The number of aromatic nitrogens is 1. The monoisotopic (exact) mass is 359 g/mol. The van der Waals surface area contributed by atoms with Crippen molar-refractivity contribution in [3.63, 3.8) is 0 Å². The predicted octanol–water partition coefficient (Wildman–Crippen LogP) is 2.93. The van der Waals surface area contributed by atoms with E-state index in [-0.39, 0.29) is 11.8 Å². The average Bonchev–Trinajstić information content (AvgIpc) is 3.46. The molecule has 0 unspecified atom stereocenters. The van der Waals surface area contributed by atoms with Crippen LogP contribution in [0.3, 0.4) is 0 Å². The van der Waals surface area contributed by atoms with Gasteiger partial charge in [0, 0.05) is 54.1 Å². The van der Waals surface area contributed by atoms with Gasteiger partial charge in [0.25, 0.3) is 0 Å². The number of nitrogens with zero attached hydrogens (tertiary/aromatic N) is 1. The molecule has 3 rings (SSSR count). The molecule has 25 heavy (non-hydrogen) atoms. The third kappa shape index (κ3) is 5.73. The summed E-state index contributed by atoms with van der Waals surface area (Å²) in [5, 5.41) is 6.93. The molecular formula is C19H22ClN3O2. The van der Waals surface area contributed by atoms with E-state index < -0.39 is 0 Å². The predicted molar refractivity (Wildman–Crippen MR) is 97.5 cm³/mol. The first-order chi connectivity index (χ1) is 12.2. The van der Waals surface area contributed by atoms with Gasteiger partial charge in [-0.15, -0.1) is 0 Å². The van der Waals surface area contributed by atoms with Gasteiger partial charge in [0.05, 0.1) is 0 Å². The molecule has 132 valence electrons. The summed E-state index contributed by atoms with van der Waals surface area (Å²) in [4.78, 5) is 15.7. The summed E-state index contributed by atoms with van der Waals surface area (Å²) >= 11 is 6.11. The maximum atomic E-state index is 11.6. The average molecular weight is 360 g/mol. The summed E-state index contributed by atoms with van der Waals surface area (Å²) in [6, 6.07) is 9.46. The van der Waals surface area contributed by atoms with Gasteiger partial charge in [-0.3, -0.25) is 9.78 Å². The maximum absolute atomic E-state index is 11.6. The fourth-order valence-corrected chi connectivity index (χ4v) is 2.65. The Morgan fingerprint density at radius 1 is 1.28 bits per heavy atom. The third-order valence-corrected chi connectivity index (χ3v) is 4.24. The minimum absolute atomic E-state index is 0.171. The molecule has 1 aromatic carbocycles. The molecule has 6 heteroatoms. The van der Waals surface area contributed by atoms with E-state index in [0.717, 1.165) is 29.7 Å². The molecule has 1 amide bonds. The highest BCUT2D eigenvalue weighted by Crippen LogP contribution is 2.28. The van der Waals surface area contributed by atoms with E-state index >= 15 is 0 Å². The molecular weight excluding hydrogens is 338 g/mol. The largest absolute Gasteiger partial charge is 0.489 e. The second kappa shape index (κ2) is 8.83. The number of benzene rings is 1. The number of ether oxygens (including phenoxy) is 1. The number of carbonyl (C=O) groups is 1. The second-order valence-corrected chi connectivity index (χ2v) is 6.58. The van der Waals surface area contributed by atoms with Gasteiger partial charge in [-0.25, -0.2) is 0 Å². The normalized spacial score (nSPS) is 13.5. The molecule has 1 aliphatic rings. The van der Waals surface area contributed by atoms with Crippen molar-refractivity contribution in [2.24, 2.45) is 5.92 Å². The summed E-state index contributed by atoms with van der Waals surface area (Å²) in [5.41, 5.74) is 2.00. The van der Waals surface area contributed by atoms with Gasteiger partial charge >= 0.3 is 0 Å². The number of halogens is 1. The Balaban J connectivity index is 1.47. The fourth-order valence-electron chi connectivity index (χ4n) is 2.46. The molecule has 0 radical (unpaired) electrons. The van der Waals surface area contributed by atoms with Gasteiger partial charge in [-0.1, -0.05) is 17.7 Å². The summed E-state index contributed by atoms with van der Waals surface area (Å²) in [6.45, 7) is 2.41. The van der Waals surface area contributed by atoms with Gasteiger partial charge in [0.15, 0.2) is 0 Å². The summed E-state index contributed by atoms with van der Waals surface area (Å²) < 4.78 is 5.90. The lowest BCUT2D eigenvalue weighted by Gasteiger charge is -2.13. The summed E-state index contributed by atoms with van der Waals surface area (Å²) in [5.74, 6) is 1.22. The van der Waals surface area contributed by atoms with Gasteiger partial charge in [-0.2, -0.15) is 0 Å². The molecule has 2 N–H and O–H groups in total. The van der Waals surface area contributed by atoms with Crippen LogP contribution < -0.4 is 15.4 Å². The topological polar surface area (TPSA) is 63.2 Å². The van der Waals surface area contributed by atoms with Crippen LogP contribution >= 0.6 is 11.6 Å². The minimum Gasteiger partial charge on any atom is -0.489 e. The van der Waals surface area contributed by atoms with Crippen molar-refractivity contribution in [2.75, 3.05) is 13.1 Å². The Labute approximate surface area is 152 Å². The number of hydrogen-bond acceptors (Lipinski definition) is 4. The molecule has 0 bridgehead atoms. The summed E-state index contributed by atoms with van der Waals surface area (Å²) in [7, 11) is 0. The lowest BCUT2D eigenvalue weighted by Crippen LogP contribution is -2.32. The highest BCUT2D eigenvalue weighted by atomic mass is 35.5. The van der Waals surface area contributed by atoms with Gasteiger partial charge < -0.3 is 15.4 Å². The molecule has 0 aliphatic heterocycles. The maximum Gasteiger partial charge on any atom is 0.223 e. The SMILES string of the molecule is O=C(NCCNCc1cc(Cl)ccc1OCc1cccnc1)C1CC1. The van der Waals surface area contributed by atoms with E-state index in [4.69, 9.17) is 16.3 Å². The Bertz CT molecular complexity index is 705. The van der Waals surface area contributed by atoms with Crippen molar-refractivity contribution in [3.05, 3.63) is 58.9 Å². The first-order valence-corrected chi connectivity index (χ1v) is 8.89. The molecule has 1 aliphatic carbocycles. The van der Waals surface area contributed by atoms with E-state index in [1.165, 1.54) is 0 Å². The zero-order valence-electron chi connectivity index (χ0n) is 14.0. The van der Waals surface area contributed by atoms with Crippen LogP contribution in [0.2, 0.25) is 5.02 Å². The van der Waals surface area contributed by atoms with Gasteiger partial charge in [-0.05, 0) is 37.1 Å². The molecule has 1 aromatic heterocycles. The number of pyridine rings is 1. The van der Waals surface area contributed by atoms with E-state index in [1.54, 1.807) is 12.4 Å². The quantitative estimate of drug-likeness (QED) is 0.676. The van der Waals surface area contributed by atoms with Crippen molar-refractivity contribution < 1.29 is 9.53 Å². The smallest absolute Gasteiger partial charge is 0.223 e. The van der Waals surface area contributed by atoms with Crippen LogP contribution in [0.5, 0.6) is 5.75 Å². The van der Waals surface area contributed by atoms with Crippen molar-refractivity contribution in [1.82, 2.24) is 15.6 Å². The van der Waals surface area contributed by atoms with Crippen LogP contribution in [-0.4, -0.2) is 24.0 Å². The van der Waals surface area contributed by atoms with Crippen molar-refractivity contribution in [3.8, 4) is 5.75 Å². The lowest BCUT2D eigenvalue weighted by molar-refractivity contribution is -0.122. The van der Waals surface area contributed by atoms with Crippen LogP contribution in [0.15, 0.2) is 42.7 Å². The Kier molecular flexibility index (Phi) is 6.25. The highest BCUT2D eigenvalue weighted by molar-refractivity contribution is 6.30. The Morgan fingerprint density at radius 3 is 2.92 bits per heavy atom. The van der Waals surface area contributed by atoms with E-state index in [2.05, 4.69) is 15.6 Å². The van der Waals surface area contributed by atoms with E-state index in [9.17, 15) is 4.79 Å². The van der Waals surface area contributed by atoms with E-state index in [0.29, 0.717) is 31.3 Å². The minimum atomic E-state index is 0.171. The van der Waals surface area contributed by atoms with Gasteiger partial charge in [0.1, 0.15) is 12.4 Å². The highest BCUT2D eigenvalue weighted by Gasteiger charge is 2.28.